The van der Waals surface area contributed by atoms with Crippen LogP contribution in [0.2, 0.25) is 0 Å². The van der Waals surface area contributed by atoms with Gasteiger partial charge >= 0.3 is 0 Å². The first-order valence-corrected chi connectivity index (χ1v) is 5.93. The molecule has 78 valence electrons. The molecule has 0 heterocycles. The van der Waals surface area contributed by atoms with Crippen molar-refractivity contribution in [2.24, 2.45) is 11.8 Å². The third-order valence-electron chi connectivity index (χ3n) is 3.47. The van der Waals surface area contributed by atoms with Crippen molar-refractivity contribution in [3.63, 3.8) is 0 Å². The summed E-state index contributed by atoms with van der Waals surface area (Å²) in [6, 6.07) is 0.829. The Morgan fingerprint density at radius 3 is 2.23 bits per heavy atom. The van der Waals surface area contributed by atoms with Crippen molar-refractivity contribution in [2.45, 2.75) is 58.9 Å². The van der Waals surface area contributed by atoms with Crippen LogP contribution in [0.4, 0.5) is 0 Å². The van der Waals surface area contributed by atoms with Gasteiger partial charge in [-0.3, -0.25) is 0 Å². The Morgan fingerprint density at radius 2 is 1.69 bits per heavy atom. The van der Waals surface area contributed by atoms with Gasteiger partial charge in [-0.2, -0.15) is 0 Å². The van der Waals surface area contributed by atoms with Crippen molar-refractivity contribution in [1.29, 1.82) is 0 Å². The van der Waals surface area contributed by atoms with Gasteiger partial charge in [-0.25, -0.2) is 0 Å². The van der Waals surface area contributed by atoms with Crippen molar-refractivity contribution >= 4 is 0 Å². The van der Waals surface area contributed by atoms with Gasteiger partial charge in [0.15, 0.2) is 0 Å². The molecule has 0 aliphatic heterocycles. The van der Waals surface area contributed by atoms with Crippen LogP contribution in [0, 0.1) is 11.8 Å². The van der Waals surface area contributed by atoms with Crippen LogP contribution in [0.5, 0.6) is 0 Å². The molecule has 1 aliphatic carbocycles. The van der Waals surface area contributed by atoms with E-state index in [1.807, 2.05) is 0 Å². The molecular formula is C12H25N. The minimum absolute atomic E-state index is 0.816. The normalized spacial score (nSPS) is 22.2. The van der Waals surface area contributed by atoms with Gasteiger partial charge in [0, 0.05) is 6.04 Å². The van der Waals surface area contributed by atoms with E-state index in [1.54, 1.807) is 0 Å². The Bertz CT molecular complexity index is 125. The Labute approximate surface area is 83.3 Å². The molecule has 0 radical (unpaired) electrons. The Hall–Kier alpha value is -0.0400. The Morgan fingerprint density at radius 1 is 1.08 bits per heavy atom. The van der Waals surface area contributed by atoms with Gasteiger partial charge in [0.05, 0.1) is 0 Å². The lowest BCUT2D eigenvalue weighted by Crippen LogP contribution is -2.35. The minimum atomic E-state index is 0.816. The van der Waals surface area contributed by atoms with Crippen LogP contribution < -0.4 is 5.32 Å². The molecule has 0 spiro atoms. The summed E-state index contributed by atoms with van der Waals surface area (Å²) in [6.45, 7) is 8.18. The first-order chi connectivity index (χ1) is 6.20. The van der Waals surface area contributed by atoms with Gasteiger partial charge in [-0.15, -0.1) is 0 Å². The van der Waals surface area contributed by atoms with Crippen LogP contribution in [-0.2, 0) is 0 Å². The van der Waals surface area contributed by atoms with Gasteiger partial charge < -0.3 is 5.32 Å². The minimum Gasteiger partial charge on any atom is -0.314 e. The van der Waals surface area contributed by atoms with E-state index in [2.05, 4.69) is 26.1 Å². The van der Waals surface area contributed by atoms with E-state index >= 15 is 0 Å². The first-order valence-electron chi connectivity index (χ1n) is 5.93. The summed E-state index contributed by atoms with van der Waals surface area (Å²) in [5, 5.41) is 3.70. The fraction of sp³-hybridized carbons (Fsp3) is 1.00. The molecule has 0 saturated heterocycles. The van der Waals surface area contributed by atoms with E-state index in [0.29, 0.717) is 0 Å². The Kier molecular flexibility index (Phi) is 4.79. The highest BCUT2D eigenvalue weighted by atomic mass is 14.9. The van der Waals surface area contributed by atoms with Crippen LogP contribution in [-0.4, -0.2) is 12.6 Å². The fourth-order valence-corrected chi connectivity index (χ4v) is 1.89. The molecule has 0 bridgehead atoms. The molecular weight excluding hydrogens is 158 g/mol. The summed E-state index contributed by atoms with van der Waals surface area (Å²) < 4.78 is 0. The van der Waals surface area contributed by atoms with E-state index in [0.717, 1.165) is 17.9 Å². The molecule has 1 fully saturated rings. The number of hydrogen-bond acceptors (Lipinski definition) is 1. The molecule has 0 aromatic rings. The van der Waals surface area contributed by atoms with Crippen LogP contribution in [0.15, 0.2) is 0 Å². The zero-order valence-electron chi connectivity index (χ0n) is 9.47. The predicted molar refractivity (Wildman–Crippen MR) is 58.9 cm³/mol. The zero-order valence-corrected chi connectivity index (χ0v) is 9.47. The van der Waals surface area contributed by atoms with E-state index in [4.69, 9.17) is 0 Å². The number of nitrogens with one attached hydrogen (secondary N) is 1. The quantitative estimate of drug-likeness (QED) is 0.706. The highest BCUT2D eigenvalue weighted by molar-refractivity contribution is 4.73. The average Bonchev–Trinajstić information content (AvgIpc) is 2.15. The van der Waals surface area contributed by atoms with Crippen LogP contribution in [0.1, 0.15) is 52.9 Å². The highest BCUT2D eigenvalue weighted by Gasteiger charge is 2.14. The molecule has 0 aromatic carbocycles. The fourth-order valence-electron chi connectivity index (χ4n) is 1.89. The molecule has 1 saturated carbocycles. The molecule has 1 heteroatoms. The zero-order chi connectivity index (χ0) is 9.68. The third kappa shape index (κ3) is 4.12. The largest absolute Gasteiger partial charge is 0.314 e. The maximum atomic E-state index is 3.70. The summed E-state index contributed by atoms with van der Waals surface area (Å²) in [5.41, 5.74) is 0. The van der Waals surface area contributed by atoms with E-state index < -0.39 is 0 Å². The number of hydrogen-bond donors (Lipinski definition) is 1. The van der Waals surface area contributed by atoms with Gasteiger partial charge in [-0.05, 0) is 31.2 Å². The van der Waals surface area contributed by atoms with E-state index in [-0.39, 0.29) is 0 Å². The smallest absolute Gasteiger partial charge is 0.00671 e. The second-order valence-corrected chi connectivity index (χ2v) is 4.96. The summed E-state index contributed by atoms with van der Waals surface area (Å²) in [4.78, 5) is 0. The van der Waals surface area contributed by atoms with Crippen LogP contribution in [0.3, 0.4) is 0 Å². The monoisotopic (exact) mass is 183 g/mol. The number of rotatable bonds is 4. The third-order valence-corrected chi connectivity index (χ3v) is 3.47. The van der Waals surface area contributed by atoms with Gasteiger partial charge in [-0.1, -0.05) is 40.0 Å². The van der Waals surface area contributed by atoms with E-state index in [9.17, 15) is 0 Å². The second-order valence-electron chi connectivity index (χ2n) is 4.96. The predicted octanol–water partition coefficient (Wildman–Crippen LogP) is 3.20. The van der Waals surface area contributed by atoms with Crippen LogP contribution in [0.25, 0.3) is 0 Å². The summed E-state index contributed by atoms with van der Waals surface area (Å²) in [6.07, 6.45) is 7.15. The summed E-state index contributed by atoms with van der Waals surface area (Å²) >= 11 is 0. The van der Waals surface area contributed by atoms with Crippen molar-refractivity contribution < 1.29 is 0 Å². The average molecular weight is 183 g/mol. The molecule has 1 nitrogen and oxygen atoms in total. The standard InChI is InChI=1S/C12H25N/c1-10(2)11(3)9-13-12-7-5-4-6-8-12/h10-13H,4-9H2,1-3H3. The topological polar surface area (TPSA) is 12.0 Å². The summed E-state index contributed by atoms with van der Waals surface area (Å²) in [7, 11) is 0. The molecule has 1 unspecified atom stereocenters. The van der Waals surface area contributed by atoms with Crippen molar-refractivity contribution in [1.82, 2.24) is 5.32 Å². The molecule has 1 N–H and O–H groups in total. The lowest BCUT2D eigenvalue weighted by molar-refractivity contribution is 0.322. The molecule has 1 rings (SSSR count). The van der Waals surface area contributed by atoms with Gasteiger partial charge in [0.25, 0.3) is 0 Å². The van der Waals surface area contributed by atoms with Crippen molar-refractivity contribution in [3.8, 4) is 0 Å². The van der Waals surface area contributed by atoms with Crippen molar-refractivity contribution in [2.75, 3.05) is 6.54 Å². The maximum Gasteiger partial charge on any atom is 0.00671 e. The summed E-state index contributed by atoms with van der Waals surface area (Å²) in [5.74, 6) is 1.64. The maximum absolute atomic E-state index is 3.70. The molecule has 13 heavy (non-hydrogen) atoms. The molecule has 0 aromatic heterocycles. The lowest BCUT2D eigenvalue weighted by atomic mass is 9.93. The second kappa shape index (κ2) is 5.64. The van der Waals surface area contributed by atoms with Gasteiger partial charge in [0.2, 0.25) is 0 Å². The SMILES string of the molecule is CC(C)C(C)CNC1CCCCC1. The van der Waals surface area contributed by atoms with Gasteiger partial charge in [0.1, 0.15) is 0 Å². The van der Waals surface area contributed by atoms with Crippen LogP contribution >= 0.6 is 0 Å². The highest BCUT2D eigenvalue weighted by Crippen LogP contribution is 2.18. The first kappa shape index (κ1) is 11.0. The molecule has 1 aliphatic rings. The van der Waals surface area contributed by atoms with E-state index in [1.165, 1.54) is 38.6 Å². The van der Waals surface area contributed by atoms with Crippen molar-refractivity contribution in [3.05, 3.63) is 0 Å². The lowest BCUT2D eigenvalue weighted by Gasteiger charge is -2.25. The molecule has 1 atom stereocenters. The molecule has 0 amide bonds. The Balaban J connectivity index is 2.10.